The summed E-state index contributed by atoms with van der Waals surface area (Å²) in [5.41, 5.74) is 1.38. The number of benzene rings is 1. The predicted octanol–water partition coefficient (Wildman–Crippen LogP) is 1.39. The predicted molar refractivity (Wildman–Crippen MR) is 60.4 cm³/mol. The molecule has 1 unspecified atom stereocenters. The summed E-state index contributed by atoms with van der Waals surface area (Å²) in [5.74, 6) is 4.63. The molecule has 0 heterocycles. The van der Waals surface area contributed by atoms with Crippen LogP contribution in [0.25, 0.3) is 0 Å². The Kier molecular flexibility index (Phi) is 4.90. The van der Waals surface area contributed by atoms with Crippen LogP contribution in [0.2, 0.25) is 5.02 Å². The third kappa shape index (κ3) is 3.71. The number of halogens is 1. The van der Waals surface area contributed by atoms with Crippen molar-refractivity contribution >= 4 is 29.3 Å². The molecule has 0 spiro atoms. The summed E-state index contributed by atoms with van der Waals surface area (Å²) in [6.45, 7) is 0. The number of carbonyl (C=O) groups is 1. The Morgan fingerprint density at radius 3 is 2.60 bits per heavy atom. The third-order valence-corrected chi connectivity index (χ3v) is 3.04. The number of hydrazine groups is 1. The van der Waals surface area contributed by atoms with E-state index in [1.807, 2.05) is 17.6 Å². The summed E-state index contributed by atoms with van der Waals surface area (Å²) in [7, 11) is 1.45. The van der Waals surface area contributed by atoms with Gasteiger partial charge >= 0.3 is 0 Å². The van der Waals surface area contributed by atoms with Gasteiger partial charge in [-0.2, -0.15) is 0 Å². The first-order chi connectivity index (χ1) is 7.17. The largest absolute Gasteiger partial charge is 0.360 e. The molecule has 0 saturated heterocycles. The highest BCUT2D eigenvalue weighted by Gasteiger charge is 2.17. The van der Waals surface area contributed by atoms with E-state index in [2.05, 4.69) is 0 Å². The SMILES string of the molecule is COC(Sc1ccc(Cl)cc1)C(=O)NN. The Balaban J connectivity index is 2.66. The van der Waals surface area contributed by atoms with Gasteiger partial charge in [-0.3, -0.25) is 10.2 Å². The van der Waals surface area contributed by atoms with E-state index in [9.17, 15) is 4.79 Å². The van der Waals surface area contributed by atoms with Gasteiger partial charge in [0, 0.05) is 17.0 Å². The minimum absolute atomic E-state index is 0.377. The molecule has 6 heteroatoms. The lowest BCUT2D eigenvalue weighted by Crippen LogP contribution is -2.38. The van der Waals surface area contributed by atoms with Crippen molar-refractivity contribution < 1.29 is 9.53 Å². The van der Waals surface area contributed by atoms with Crippen molar-refractivity contribution in [3.8, 4) is 0 Å². The van der Waals surface area contributed by atoms with Crippen LogP contribution < -0.4 is 11.3 Å². The van der Waals surface area contributed by atoms with E-state index in [0.717, 1.165) is 4.90 Å². The number of ether oxygens (including phenoxy) is 1. The highest BCUT2D eigenvalue weighted by atomic mass is 35.5. The van der Waals surface area contributed by atoms with Gasteiger partial charge in [-0.1, -0.05) is 23.4 Å². The maximum atomic E-state index is 11.2. The van der Waals surface area contributed by atoms with Crippen molar-refractivity contribution in [2.24, 2.45) is 5.84 Å². The molecule has 0 aliphatic rings. The molecule has 1 amide bonds. The van der Waals surface area contributed by atoms with Crippen molar-refractivity contribution in [2.45, 2.75) is 10.3 Å². The fraction of sp³-hybridized carbons (Fsp3) is 0.222. The zero-order valence-corrected chi connectivity index (χ0v) is 9.64. The average Bonchev–Trinajstić information content (AvgIpc) is 2.27. The summed E-state index contributed by atoms with van der Waals surface area (Å²) < 4.78 is 4.98. The third-order valence-electron chi connectivity index (χ3n) is 1.63. The highest BCUT2D eigenvalue weighted by molar-refractivity contribution is 8.00. The normalized spacial score (nSPS) is 12.2. The van der Waals surface area contributed by atoms with E-state index < -0.39 is 5.44 Å². The maximum absolute atomic E-state index is 11.2. The van der Waals surface area contributed by atoms with Gasteiger partial charge in [-0.25, -0.2) is 5.84 Å². The van der Waals surface area contributed by atoms with Gasteiger partial charge < -0.3 is 4.74 Å². The van der Waals surface area contributed by atoms with Crippen LogP contribution >= 0.6 is 23.4 Å². The molecule has 0 saturated carbocycles. The molecule has 0 radical (unpaired) electrons. The Bertz CT molecular complexity index is 331. The fourth-order valence-electron chi connectivity index (χ4n) is 0.913. The van der Waals surface area contributed by atoms with Gasteiger partial charge in [0.05, 0.1) is 0 Å². The van der Waals surface area contributed by atoms with Crippen LogP contribution in [0.1, 0.15) is 0 Å². The second-order valence-corrected chi connectivity index (χ2v) is 4.22. The molecular formula is C9H11ClN2O2S. The number of amides is 1. The van der Waals surface area contributed by atoms with Crippen LogP contribution in [0.3, 0.4) is 0 Å². The zero-order valence-electron chi connectivity index (χ0n) is 8.07. The molecule has 0 fully saturated rings. The highest BCUT2D eigenvalue weighted by Crippen LogP contribution is 2.25. The molecule has 1 atom stereocenters. The first-order valence-corrected chi connectivity index (χ1v) is 5.38. The van der Waals surface area contributed by atoms with Crippen molar-refractivity contribution in [3.63, 3.8) is 0 Å². The van der Waals surface area contributed by atoms with Gasteiger partial charge in [-0.15, -0.1) is 0 Å². The lowest BCUT2D eigenvalue weighted by molar-refractivity contribution is -0.126. The van der Waals surface area contributed by atoms with Crippen LogP contribution in [0, 0.1) is 0 Å². The molecular weight excluding hydrogens is 236 g/mol. The number of nitrogens with one attached hydrogen (secondary N) is 1. The smallest absolute Gasteiger partial charge is 0.273 e. The molecule has 3 N–H and O–H groups in total. The molecule has 1 rings (SSSR count). The Labute approximate surface area is 97.1 Å². The van der Waals surface area contributed by atoms with Crippen LogP contribution in [-0.4, -0.2) is 18.5 Å². The first kappa shape index (κ1) is 12.3. The molecule has 0 aromatic heterocycles. The van der Waals surface area contributed by atoms with Crippen LogP contribution in [0.15, 0.2) is 29.2 Å². The Morgan fingerprint density at radius 2 is 2.13 bits per heavy atom. The second-order valence-electron chi connectivity index (χ2n) is 2.65. The Morgan fingerprint density at radius 1 is 1.53 bits per heavy atom. The van der Waals surface area contributed by atoms with Gasteiger partial charge in [0.15, 0.2) is 5.44 Å². The fourth-order valence-corrected chi connectivity index (χ4v) is 1.85. The minimum atomic E-state index is -0.656. The molecule has 1 aromatic carbocycles. The number of hydrogen-bond acceptors (Lipinski definition) is 4. The number of methoxy groups -OCH3 is 1. The molecule has 0 aliphatic carbocycles. The van der Waals surface area contributed by atoms with Gasteiger partial charge in [0.25, 0.3) is 5.91 Å². The van der Waals surface area contributed by atoms with Crippen LogP contribution in [-0.2, 0) is 9.53 Å². The summed E-state index contributed by atoms with van der Waals surface area (Å²) in [6.07, 6.45) is 0. The lowest BCUT2D eigenvalue weighted by atomic mass is 10.4. The molecule has 1 aromatic rings. The van der Waals surface area contributed by atoms with Crippen molar-refractivity contribution in [3.05, 3.63) is 29.3 Å². The zero-order chi connectivity index (χ0) is 11.3. The second kappa shape index (κ2) is 5.97. The van der Waals surface area contributed by atoms with E-state index in [1.54, 1.807) is 12.1 Å². The topological polar surface area (TPSA) is 64.3 Å². The summed E-state index contributed by atoms with van der Waals surface area (Å²) in [5, 5.41) is 0.650. The number of thioether (sulfide) groups is 1. The summed E-state index contributed by atoms with van der Waals surface area (Å²) in [4.78, 5) is 12.1. The van der Waals surface area contributed by atoms with E-state index in [4.69, 9.17) is 22.2 Å². The maximum Gasteiger partial charge on any atom is 0.273 e. The monoisotopic (exact) mass is 246 g/mol. The quantitative estimate of drug-likeness (QED) is 0.277. The summed E-state index contributed by atoms with van der Waals surface area (Å²) in [6, 6.07) is 7.11. The van der Waals surface area contributed by atoms with Crippen molar-refractivity contribution in [1.29, 1.82) is 0 Å². The number of nitrogens with two attached hydrogens (primary N) is 1. The van der Waals surface area contributed by atoms with Crippen LogP contribution in [0.4, 0.5) is 0 Å². The van der Waals surface area contributed by atoms with E-state index in [-0.39, 0.29) is 5.91 Å². The number of rotatable bonds is 4. The van der Waals surface area contributed by atoms with Crippen LogP contribution in [0.5, 0.6) is 0 Å². The number of hydrogen-bond donors (Lipinski definition) is 2. The standard InChI is InChI=1S/C9H11ClN2O2S/c1-14-9(8(13)12-11)15-7-4-2-6(10)3-5-7/h2-5,9H,11H2,1H3,(H,12,13). The van der Waals surface area contributed by atoms with Crippen molar-refractivity contribution in [1.82, 2.24) is 5.43 Å². The van der Waals surface area contributed by atoms with Crippen molar-refractivity contribution in [2.75, 3.05) is 7.11 Å². The molecule has 15 heavy (non-hydrogen) atoms. The average molecular weight is 247 g/mol. The molecule has 0 bridgehead atoms. The minimum Gasteiger partial charge on any atom is -0.360 e. The van der Waals surface area contributed by atoms with E-state index in [0.29, 0.717) is 5.02 Å². The molecule has 4 nitrogen and oxygen atoms in total. The van der Waals surface area contributed by atoms with Gasteiger partial charge in [0.1, 0.15) is 0 Å². The number of carbonyl (C=O) groups excluding carboxylic acids is 1. The van der Waals surface area contributed by atoms with E-state index in [1.165, 1.54) is 18.9 Å². The van der Waals surface area contributed by atoms with Gasteiger partial charge in [0.2, 0.25) is 0 Å². The Hall–Kier alpha value is -0.750. The van der Waals surface area contributed by atoms with E-state index >= 15 is 0 Å². The molecule has 0 aliphatic heterocycles. The lowest BCUT2D eigenvalue weighted by Gasteiger charge is -2.12. The van der Waals surface area contributed by atoms with Gasteiger partial charge in [-0.05, 0) is 24.3 Å². The summed E-state index contributed by atoms with van der Waals surface area (Å²) >= 11 is 6.99. The molecule has 82 valence electrons. The first-order valence-electron chi connectivity index (χ1n) is 4.13.